The monoisotopic (exact) mass is 364 g/mol. The lowest BCUT2D eigenvalue weighted by Gasteiger charge is -2.28. The normalized spacial score (nSPS) is 12.3. The lowest BCUT2D eigenvalue weighted by molar-refractivity contribution is -0.873. The first-order valence-electron chi connectivity index (χ1n) is 6.19. The van der Waals surface area contributed by atoms with Crippen LogP contribution in [-0.4, -0.2) is 80.6 Å². The number of likely N-dealkylation sites (N-methyl/N-ethyl adjacent to an activating group) is 1. The second kappa shape index (κ2) is 11.6. The Morgan fingerprint density at radius 3 is 1.95 bits per heavy atom. The van der Waals surface area contributed by atoms with Crippen LogP contribution < -0.4 is 18.1 Å². The summed E-state index contributed by atoms with van der Waals surface area (Å²) >= 11 is 0. The Morgan fingerprint density at radius 1 is 1.32 bits per heavy atom. The van der Waals surface area contributed by atoms with Crippen molar-refractivity contribution in [2.45, 2.75) is 19.4 Å². The molecule has 0 radical (unpaired) electrons. The molecule has 9 nitrogen and oxygen atoms in total. The Balaban J connectivity index is -0.000000385. The number of hydrogen-bond acceptors (Lipinski definition) is 6. The second-order valence-corrected chi connectivity index (χ2v) is 6.94. The van der Waals surface area contributed by atoms with E-state index in [2.05, 4.69) is 5.73 Å². The van der Waals surface area contributed by atoms with Crippen molar-refractivity contribution in [1.29, 1.82) is 0 Å². The Bertz CT molecular complexity index is 418. The van der Waals surface area contributed by atoms with Gasteiger partial charge in [-0.3, -0.25) is 9.59 Å². The summed E-state index contributed by atoms with van der Waals surface area (Å²) in [6.07, 6.45) is -0.695. The van der Waals surface area contributed by atoms with Crippen LogP contribution in [0.15, 0.2) is 0 Å². The highest BCUT2D eigenvalue weighted by atomic mass is 35.5. The van der Waals surface area contributed by atoms with Gasteiger partial charge in [-0.25, -0.2) is 8.42 Å². The molecule has 0 aliphatic carbocycles. The van der Waals surface area contributed by atoms with Crippen LogP contribution in [0.3, 0.4) is 0 Å². The van der Waals surface area contributed by atoms with Crippen molar-refractivity contribution in [3.8, 4) is 0 Å². The maximum absolute atomic E-state index is 10.7. The van der Waals surface area contributed by atoms with Crippen LogP contribution in [-0.2, 0) is 24.4 Å². The van der Waals surface area contributed by atoms with Gasteiger partial charge in [0.25, 0.3) is 0 Å². The standard InChI is InChI=1S/C9H17NO4.C2H7NO3S.ClH/c1-7(11)14-8(5-9(12)13)6-10(2,3)4;3-1-2-7(4,5)6;/h8H,5-6H2,1-4H3;1-3H2,(H,4,5,6);1H/t8-;;/m1../s1. The SMILES string of the molecule is CC(=O)O[C@H](CC(=O)O)C[N+](C)(C)C.[Cl-].[NH3+]CCS(=O)(=O)[O-]. The molecular formula is C11H25ClN2O7S. The number of carbonyl (C=O) groups is 2. The fourth-order valence-corrected chi connectivity index (χ4v) is 1.71. The van der Waals surface area contributed by atoms with Crippen LogP contribution in [0, 0.1) is 0 Å². The molecule has 0 amide bonds. The highest BCUT2D eigenvalue weighted by molar-refractivity contribution is 7.85. The van der Waals surface area contributed by atoms with Crippen molar-refractivity contribution in [1.82, 2.24) is 0 Å². The third-order valence-electron chi connectivity index (χ3n) is 1.88. The van der Waals surface area contributed by atoms with Gasteiger partial charge in [0.1, 0.15) is 16.7 Å². The van der Waals surface area contributed by atoms with E-state index in [4.69, 9.17) is 9.84 Å². The lowest BCUT2D eigenvalue weighted by Crippen LogP contribution is -3.00. The third-order valence-corrected chi connectivity index (χ3v) is 2.67. The maximum atomic E-state index is 10.7. The zero-order chi connectivity index (χ0) is 17.3. The smallest absolute Gasteiger partial charge is 0.307 e. The van der Waals surface area contributed by atoms with Crippen molar-refractivity contribution >= 4 is 22.1 Å². The van der Waals surface area contributed by atoms with E-state index in [0.29, 0.717) is 11.0 Å². The number of carboxylic acid groups (broad SMARTS) is 1. The number of nitrogens with zero attached hydrogens (tertiary/aromatic N) is 1. The number of aliphatic carboxylic acids is 1. The molecule has 0 bridgehead atoms. The summed E-state index contributed by atoms with van der Waals surface area (Å²) in [4.78, 5) is 21.2. The zero-order valence-electron chi connectivity index (χ0n) is 13.2. The maximum Gasteiger partial charge on any atom is 0.307 e. The molecule has 1 atom stereocenters. The van der Waals surface area contributed by atoms with Crippen LogP contribution in [0.1, 0.15) is 13.3 Å². The van der Waals surface area contributed by atoms with Crippen molar-refractivity contribution in [3.05, 3.63) is 0 Å². The topological polar surface area (TPSA) is 148 Å². The van der Waals surface area contributed by atoms with E-state index in [0.717, 1.165) is 0 Å². The van der Waals surface area contributed by atoms with E-state index in [-0.39, 0.29) is 31.1 Å². The molecule has 0 spiro atoms. The Labute approximate surface area is 137 Å². The average Bonchev–Trinajstić information content (AvgIpc) is 2.10. The summed E-state index contributed by atoms with van der Waals surface area (Å²) in [7, 11) is 1.76. The first-order valence-corrected chi connectivity index (χ1v) is 7.77. The Hall–Kier alpha value is -0.940. The molecular weight excluding hydrogens is 340 g/mol. The minimum absolute atomic E-state index is 0. The van der Waals surface area contributed by atoms with Crippen LogP contribution in [0.2, 0.25) is 0 Å². The van der Waals surface area contributed by atoms with Gasteiger partial charge in [-0.1, -0.05) is 0 Å². The van der Waals surface area contributed by atoms with Gasteiger partial charge in [0.15, 0.2) is 6.10 Å². The highest BCUT2D eigenvalue weighted by Crippen LogP contribution is 2.04. The largest absolute Gasteiger partial charge is 1.00 e. The summed E-state index contributed by atoms with van der Waals surface area (Å²) in [6, 6.07) is 0. The van der Waals surface area contributed by atoms with Gasteiger partial charge < -0.3 is 37.0 Å². The number of carboxylic acids is 1. The van der Waals surface area contributed by atoms with Crippen LogP contribution in [0.5, 0.6) is 0 Å². The van der Waals surface area contributed by atoms with Gasteiger partial charge >= 0.3 is 11.9 Å². The number of ether oxygens (including phenoxy) is 1. The van der Waals surface area contributed by atoms with Crippen molar-refractivity contribution in [2.75, 3.05) is 40.0 Å². The first kappa shape index (κ1) is 26.0. The molecule has 0 aromatic carbocycles. The molecule has 0 rings (SSSR count). The minimum Gasteiger partial charge on any atom is -1.00 e. The van der Waals surface area contributed by atoms with E-state index in [1.807, 2.05) is 21.1 Å². The molecule has 4 N–H and O–H groups in total. The van der Waals surface area contributed by atoms with Crippen molar-refractivity contribution < 1.29 is 55.0 Å². The molecule has 22 heavy (non-hydrogen) atoms. The van der Waals surface area contributed by atoms with Gasteiger partial charge in [0.05, 0.1) is 39.9 Å². The number of carbonyl (C=O) groups excluding carboxylic acids is 1. The minimum atomic E-state index is -3.99. The quantitative estimate of drug-likeness (QED) is 0.260. The first-order chi connectivity index (χ1) is 9.26. The third kappa shape index (κ3) is 24.1. The summed E-state index contributed by atoms with van der Waals surface area (Å²) in [5, 5.41) is 8.60. The van der Waals surface area contributed by atoms with E-state index < -0.39 is 28.2 Å². The molecule has 0 aliphatic rings. The molecule has 0 aromatic heterocycles. The van der Waals surface area contributed by atoms with Crippen LogP contribution in [0.25, 0.3) is 0 Å². The molecule has 0 saturated carbocycles. The number of esters is 1. The van der Waals surface area contributed by atoms with E-state index >= 15 is 0 Å². The summed E-state index contributed by atoms with van der Waals surface area (Å²) < 4.78 is 34.4. The van der Waals surface area contributed by atoms with Gasteiger partial charge in [0, 0.05) is 6.92 Å². The van der Waals surface area contributed by atoms with E-state index in [1.54, 1.807) is 0 Å². The zero-order valence-corrected chi connectivity index (χ0v) is 14.8. The number of halogens is 1. The van der Waals surface area contributed by atoms with Gasteiger partial charge in [-0.2, -0.15) is 0 Å². The number of rotatable bonds is 7. The van der Waals surface area contributed by atoms with Crippen LogP contribution >= 0.6 is 0 Å². The number of hydrogen-bond donors (Lipinski definition) is 2. The van der Waals surface area contributed by atoms with E-state index in [1.165, 1.54) is 6.92 Å². The summed E-state index contributed by atoms with van der Waals surface area (Å²) in [5.74, 6) is -1.75. The van der Waals surface area contributed by atoms with Gasteiger partial charge in [-0.05, 0) is 0 Å². The average molecular weight is 365 g/mol. The highest BCUT2D eigenvalue weighted by Gasteiger charge is 2.23. The lowest BCUT2D eigenvalue weighted by atomic mass is 10.2. The Kier molecular flexibility index (Phi) is 13.7. The summed E-state index contributed by atoms with van der Waals surface area (Å²) in [6.45, 7) is 1.93. The van der Waals surface area contributed by atoms with Crippen molar-refractivity contribution in [2.24, 2.45) is 0 Å². The fourth-order valence-electron chi connectivity index (χ4n) is 1.36. The second-order valence-electron chi connectivity index (χ2n) is 5.42. The Morgan fingerprint density at radius 2 is 1.77 bits per heavy atom. The van der Waals surface area contributed by atoms with E-state index in [9.17, 15) is 22.6 Å². The molecule has 0 aromatic rings. The summed E-state index contributed by atoms with van der Waals surface area (Å²) in [5.41, 5.74) is 3.19. The number of quaternary nitrogens is 2. The fraction of sp³-hybridized carbons (Fsp3) is 0.818. The molecule has 0 fully saturated rings. The molecule has 0 unspecified atom stereocenters. The predicted octanol–water partition coefficient (Wildman–Crippen LogP) is -5.12. The molecule has 0 saturated heterocycles. The van der Waals surface area contributed by atoms with Gasteiger partial charge in [0.2, 0.25) is 0 Å². The van der Waals surface area contributed by atoms with Crippen LogP contribution in [0.4, 0.5) is 0 Å². The van der Waals surface area contributed by atoms with Crippen molar-refractivity contribution in [3.63, 3.8) is 0 Å². The predicted molar refractivity (Wildman–Crippen MR) is 73.0 cm³/mol. The molecule has 0 heterocycles. The molecule has 0 aliphatic heterocycles. The van der Waals surface area contributed by atoms with Gasteiger partial charge in [-0.15, -0.1) is 0 Å². The molecule has 11 heteroatoms. The molecule has 134 valence electrons.